The quantitative estimate of drug-likeness (QED) is 0.906. The van der Waals surface area contributed by atoms with E-state index >= 15 is 0 Å². The van der Waals surface area contributed by atoms with E-state index < -0.39 is 17.7 Å². The van der Waals surface area contributed by atoms with Crippen LogP contribution < -0.4 is 0 Å². The molecule has 2 aromatic carbocycles. The molecule has 0 aliphatic heterocycles. The van der Waals surface area contributed by atoms with Gasteiger partial charge in [-0.2, -0.15) is 0 Å². The first-order chi connectivity index (χ1) is 10.0. The van der Waals surface area contributed by atoms with Crippen molar-refractivity contribution in [2.45, 2.75) is 19.8 Å². The van der Waals surface area contributed by atoms with Gasteiger partial charge in [-0.25, -0.2) is 4.39 Å². The topological polar surface area (TPSA) is 57.5 Å². The van der Waals surface area contributed by atoms with Crippen LogP contribution >= 0.6 is 0 Å². The molecule has 0 heterocycles. The predicted molar refractivity (Wildman–Crippen MR) is 80.6 cm³/mol. The molecule has 3 nitrogen and oxygen atoms in total. The molecule has 2 rings (SSSR count). The smallest absolute Gasteiger partial charge is 0.310 e. The number of aliphatic hydroxyl groups excluding tert-OH is 1. The average Bonchev–Trinajstić information content (AvgIpc) is 2.48. The van der Waals surface area contributed by atoms with Gasteiger partial charge in [-0.05, 0) is 31.0 Å². The van der Waals surface area contributed by atoms with Crippen molar-refractivity contribution in [1.29, 1.82) is 0 Å². The van der Waals surface area contributed by atoms with Crippen molar-refractivity contribution < 1.29 is 19.4 Å². The van der Waals surface area contributed by atoms with Crippen molar-refractivity contribution in [1.82, 2.24) is 0 Å². The van der Waals surface area contributed by atoms with Gasteiger partial charge >= 0.3 is 5.97 Å². The molecular weight excluding hydrogens is 271 g/mol. The minimum atomic E-state index is -0.957. The summed E-state index contributed by atoms with van der Waals surface area (Å²) < 4.78 is 14.0. The van der Waals surface area contributed by atoms with Crippen LogP contribution in [0.2, 0.25) is 0 Å². The Labute approximate surface area is 123 Å². The van der Waals surface area contributed by atoms with Crippen molar-refractivity contribution >= 4 is 5.97 Å². The maximum atomic E-state index is 14.0. The first-order valence-corrected chi connectivity index (χ1v) is 6.69. The highest BCUT2D eigenvalue weighted by molar-refractivity contribution is 5.76. The van der Waals surface area contributed by atoms with E-state index in [0.29, 0.717) is 11.1 Å². The molecule has 1 unspecified atom stereocenters. The zero-order valence-electron chi connectivity index (χ0n) is 12.1. The van der Waals surface area contributed by atoms with Gasteiger partial charge in [0.2, 0.25) is 0 Å². The second-order valence-electron chi connectivity index (χ2n) is 4.48. The van der Waals surface area contributed by atoms with Gasteiger partial charge in [0.1, 0.15) is 5.82 Å². The minimum absolute atomic E-state index is 0.250. The molecule has 0 aromatic heterocycles. The summed E-state index contributed by atoms with van der Waals surface area (Å²) in [6.07, 6.45) is 0. The molecule has 1 atom stereocenters. The van der Waals surface area contributed by atoms with E-state index in [1.54, 1.807) is 26.0 Å². The van der Waals surface area contributed by atoms with E-state index in [1.807, 2.05) is 30.3 Å². The number of hydrogen-bond donors (Lipinski definition) is 2. The van der Waals surface area contributed by atoms with Gasteiger partial charge in [-0.15, -0.1) is 0 Å². The molecule has 2 aromatic rings. The summed E-state index contributed by atoms with van der Waals surface area (Å²) in [6.45, 7) is 3.47. The van der Waals surface area contributed by atoms with E-state index in [-0.39, 0.29) is 6.61 Å². The zero-order valence-corrected chi connectivity index (χ0v) is 12.1. The maximum Gasteiger partial charge on any atom is 0.310 e. The third-order valence-corrected chi connectivity index (χ3v) is 2.95. The molecule has 0 saturated heterocycles. The fourth-order valence-electron chi connectivity index (χ4n) is 1.80. The maximum absolute atomic E-state index is 14.0. The lowest BCUT2D eigenvalue weighted by Crippen LogP contribution is -2.07. The molecule has 0 aliphatic rings. The molecule has 0 amide bonds. The number of carbonyl (C=O) groups is 1. The lowest BCUT2D eigenvalue weighted by molar-refractivity contribution is -0.138. The molecule has 21 heavy (non-hydrogen) atoms. The molecule has 2 N–H and O–H groups in total. The molecule has 112 valence electrons. The highest BCUT2D eigenvalue weighted by Gasteiger charge is 2.15. The normalized spacial score (nSPS) is 11.2. The van der Waals surface area contributed by atoms with Gasteiger partial charge in [-0.3, -0.25) is 4.79 Å². The fourth-order valence-corrected chi connectivity index (χ4v) is 1.80. The van der Waals surface area contributed by atoms with E-state index in [0.717, 1.165) is 5.56 Å². The fraction of sp³-hybridized carbons (Fsp3) is 0.235. The summed E-state index contributed by atoms with van der Waals surface area (Å²) in [5.41, 5.74) is 1.74. The van der Waals surface area contributed by atoms with E-state index in [1.165, 1.54) is 6.07 Å². The van der Waals surface area contributed by atoms with Crippen molar-refractivity contribution in [3.05, 3.63) is 59.9 Å². The predicted octanol–water partition coefficient (Wildman–Crippen LogP) is 3.68. The van der Waals surface area contributed by atoms with Crippen molar-refractivity contribution in [2.75, 3.05) is 6.61 Å². The molecule has 0 spiro atoms. The van der Waals surface area contributed by atoms with Gasteiger partial charge in [0.25, 0.3) is 0 Å². The SMILES string of the molecule is CC(C(=O)O)c1ccc(-c2ccccc2)c(F)c1.CCO. The van der Waals surface area contributed by atoms with Crippen LogP contribution in [0.1, 0.15) is 25.3 Å². The Morgan fingerprint density at radius 3 is 2.24 bits per heavy atom. The monoisotopic (exact) mass is 290 g/mol. The van der Waals surface area contributed by atoms with Crippen LogP contribution in [0.5, 0.6) is 0 Å². The van der Waals surface area contributed by atoms with Crippen LogP contribution in [0, 0.1) is 5.82 Å². The summed E-state index contributed by atoms with van der Waals surface area (Å²) in [6, 6.07) is 13.7. The Hall–Kier alpha value is -2.20. The number of aliphatic hydroxyl groups is 1. The molecular formula is C17H19FO3. The zero-order chi connectivity index (χ0) is 15.8. The Morgan fingerprint density at radius 1 is 1.19 bits per heavy atom. The third-order valence-electron chi connectivity index (χ3n) is 2.95. The number of carboxylic acids is 1. The van der Waals surface area contributed by atoms with Gasteiger partial charge < -0.3 is 10.2 Å². The van der Waals surface area contributed by atoms with Crippen LogP contribution in [0.25, 0.3) is 11.1 Å². The van der Waals surface area contributed by atoms with Crippen LogP contribution in [0.4, 0.5) is 4.39 Å². The lowest BCUT2D eigenvalue weighted by atomic mass is 9.97. The van der Waals surface area contributed by atoms with Gasteiger partial charge in [-0.1, -0.05) is 42.5 Å². The Balaban J connectivity index is 0.000000677. The number of carboxylic acid groups (broad SMARTS) is 1. The summed E-state index contributed by atoms with van der Waals surface area (Å²) in [7, 11) is 0. The Bertz CT molecular complexity index is 582. The second kappa shape index (κ2) is 8.17. The lowest BCUT2D eigenvalue weighted by Gasteiger charge is -2.09. The summed E-state index contributed by atoms with van der Waals surface area (Å²) in [5.74, 6) is -2.06. The van der Waals surface area contributed by atoms with E-state index in [9.17, 15) is 9.18 Å². The standard InChI is InChI=1S/C15H13FO2.C2H6O/c1-10(15(17)18)12-7-8-13(14(16)9-12)11-5-3-2-4-6-11;1-2-3/h2-10H,1H3,(H,17,18);3H,2H2,1H3. The molecule has 0 aliphatic carbocycles. The van der Waals surface area contributed by atoms with Crippen molar-refractivity contribution in [3.8, 4) is 11.1 Å². The Morgan fingerprint density at radius 2 is 1.76 bits per heavy atom. The number of aliphatic carboxylic acids is 1. The summed E-state index contributed by atoms with van der Waals surface area (Å²) in [4.78, 5) is 10.8. The van der Waals surface area contributed by atoms with Crippen LogP contribution in [0.15, 0.2) is 48.5 Å². The van der Waals surface area contributed by atoms with Crippen LogP contribution in [-0.2, 0) is 4.79 Å². The van der Waals surface area contributed by atoms with E-state index in [4.69, 9.17) is 10.2 Å². The number of benzene rings is 2. The number of halogens is 1. The molecule has 0 radical (unpaired) electrons. The number of rotatable bonds is 3. The number of hydrogen-bond acceptors (Lipinski definition) is 2. The Kier molecular flexibility index (Phi) is 6.56. The third kappa shape index (κ3) is 4.68. The summed E-state index contributed by atoms with van der Waals surface area (Å²) in [5, 5.41) is 16.5. The molecule has 0 bridgehead atoms. The van der Waals surface area contributed by atoms with Gasteiger partial charge in [0, 0.05) is 12.2 Å². The van der Waals surface area contributed by atoms with E-state index in [2.05, 4.69) is 0 Å². The average molecular weight is 290 g/mol. The van der Waals surface area contributed by atoms with Crippen molar-refractivity contribution in [2.24, 2.45) is 0 Å². The second-order valence-corrected chi connectivity index (χ2v) is 4.48. The highest BCUT2D eigenvalue weighted by Crippen LogP contribution is 2.26. The largest absolute Gasteiger partial charge is 0.481 e. The summed E-state index contributed by atoms with van der Waals surface area (Å²) >= 11 is 0. The molecule has 0 fully saturated rings. The van der Waals surface area contributed by atoms with Crippen LogP contribution in [-0.4, -0.2) is 22.8 Å². The minimum Gasteiger partial charge on any atom is -0.481 e. The van der Waals surface area contributed by atoms with Gasteiger partial charge in [0.15, 0.2) is 0 Å². The van der Waals surface area contributed by atoms with Crippen molar-refractivity contribution in [3.63, 3.8) is 0 Å². The van der Waals surface area contributed by atoms with Crippen LogP contribution in [0.3, 0.4) is 0 Å². The first-order valence-electron chi connectivity index (χ1n) is 6.69. The molecule has 0 saturated carbocycles. The first kappa shape index (κ1) is 16.9. The highest BCUT2D eigenvalue weighted by atomic mass is 19.1. The van der Waals surface area contributed by atoms with Gasteiger partial charge in [0.05, 0.1) is 5.92 Å². The molecule has 4 heteroatoms.